The number of hydrogen-bond donors (Lipinski definition) is 1. The van der Waals surface area contributed by atoms with Crippen LogP contribution in [0.5, 0.6) is 0 Å². The molecule has 0 aliphatic carbocycles. The Hall–Kier alpha value is -1.66. The molecule has 120 valence electrons. The fourth-order valence-corrected chi connectivity index (χ4v) is 3.61. The van der Waals surface area contributed by atoms with Crippen molar-refractivity contribution in [3.05, 3.63) is 47.3 Å². The number of sulfonamides is 1. The average molecular weight is 321 g/mol. The van der Waals surface area contributed by atoms with E-state index in [1.165, 1.54) is 0 Å². The first-order chi connectivity index (χ1) is 10.4. The normalized spacial score (nSPS) is 13.3. The first-order valence-electron chi connectivity index (χ1n) is 7.52. The van der Waals surface area contributed by atoms with E-state index in [0.29, 0.717) is 0 Å². The van der Waals surface area contributed by atoms with Crippen LogP contribution in [0, 0.1) is 6.92 Å². The quantitative estimate of drug-likeness (QED) is 0.890. The Kier molecular flexibility index (Phi) is 5.03. The molecular formula is C16H23N3O2S. The third kappa shape index (κ3) is 3.56. The fourth-order valence-electron chi connectivity index (χ4n) is 2.39. The Bertz CT molecular complexity index is 733. The molecule has 22 heavy (non-hydrogen) atoms. The molecule has 1 N–H and O–H groups in total. The Morgan fingerprint density at radius 1 is 1.23 bits per heavy atom. The predicted molar refractivity (Wildman–Crippen MR) is 87.2 cm³/mol. The molecule has 5 nitrogen and oxygen atoms in total. The van der Waals surface area contributed by atoms with Gasteiger partial charge >= 0.3 is 0 Å². The molecule has 1 unspecified atom stereocenters. The van der Waals surface area contributed by atoms with Crippen LogP contribution in [0.2, 0.25) is 0 Å². The highest BCUT2D eigenvalue weighted by molar-refractivity contribution is 7.89. The number of nitrogens with zero attached hydrogens (tertiary/aromatic N) is 2. The Labute approximate surface area is 132 Å². The van der Waals surface area contributed by atoms with E-state index in [-0.39, 0.29) is 10.9 Å². The summed E-state index contributed by atoms with van der Waals surface area (Å²) < 4.78 is 29.5. The summed E-state index contributed by atoms with van der Waals surface area (Å²) in [5, 5.41) is 4.36. The first kappa shape index (κ1) is 16.7. The predicted octanol–water partition coefficient (Wildman–Crippen LogP) is 2.81. The molecule has 0 fully saturated rings. The van der Waals surface area contributed by atoms with Crippen molar-refractivity contribution < 1.29 is 8.42 Å². The third-order valence-corrected chi connectivity index (χ3v) is 5.31. The fraction of sp³-hybridized carbons (Fsp3) is 0.438. The maximum atomic E-state index is 12.5. The largest absolute Gasteiger partial charge is 0.272 e. The van der Waals surface area contributed by atoms with Crippen molar-refractivity contribution in [2.45, 2.75) is 51.6 Å². The van der Waals surface area contributed by atoms with E-state index in [0.717, 1.165) is 29.8 Å². The molecule has 1 heterocycles. The minimum atomic E-state index is -3.53. The van der Waals surface area contributed by atoms with E-state index in [4.69, 9.17) is 0 Å². The number of benzene rings is 1. The molecule has 1 atom stereocenters. The molecule has 2 rings (SSSR count). The monoisotopic (exact) mass is 321 g/mol. The van der Waals surface area contributed by atoms with Crippen LogP contribution >= 0.6 is 0 Å². The van der Waals surface area contributed by atoms with E-state index in [2.05, 4.69) is 9.82 Å². The van der Waals surface area contributed by atoms with Crippen LogP contribution < -0.4 is 4.72 Å². The lowest BCUT2D eigenvalue weighted by atomic mass is 10.1. The van der Waals surface area contributed by atoms with Gasteiger partial charge in [-0.3, -0.25) is 4.68 Å². The lowest BCUT2D eigenvalue weighted by Crippen LogP contribution is -2.27. The summed E-state index contributed by atoms with van der Waals surface area (Å²) >= 11 is 0. The summed E-state index contributed by atoms with van der Waals surface area (Å²) in [6.07, 6.45) is 2.78. The highest BCUT2D eigenvalue weighted by Crippen LogP contribution is 2.20. The van der Waals surface area contributed by atoms with E-state index in [1.807, 2.05) is 50.7 Å². The van der Waals surface area contributed by atoms with Crippen molar-refractivity contribution in [2.75, 3.05) is 0 Å². The van der Waals surface area contributed by atoms with Crippen molar-refractivity contribution in [3.8, 4) is 0 Å². The standard InChI is InChI=1S/C16H23N3O2S/c1-5-14-7-9-15(10-8-14)22(20,21)18-13(4)16-11-19(6-2)17-12(16)3/h7-11,13,18H,5-6H2,1-4H3. The average Bonchev–Trinajstić information content (AvgIpc) is 2.88. The summed E-state index contributed by atoms with van der Waals surface area (Å²) in [5.74, 6) is 0. The second kappa shape index (κ2) is 6.62. The van der Waals surface area contributed by atoms with Crippen molar-refractivity contribution in [3.63, 3.8) is 0 Å². The summed E-state index contributed by atoms with van der Waals surface area (Å²) in [4.78, 5) is 0.289. The molecule has 1 aromatic heterocycles. The zero-order chi connectivity index (χ0) is 16.3. The Morgan fingerprint density at radius 2 is 1.86 bits per heavy atom. The van der Waals surface area contributed by atoms with E-state index >= 15 is 0 Å². The van der Waals surface area contributed by atoms with E-state index < -0.39 is 10.0 Å². The first-order valence-corrected chi connectivity index (χ1v) is 9.01. The van der Waals surface area contributed by atoms with Crippen LogP contribution in [0.15, 0.2) is 35.4 Å². The summed E-state index contributed by atoms with van der Waals surface area (Å²) in [6.45, 7) is 8.53. The van der Waals surface area contributed by atoms with Gasteiger partial charge in [-0.05, 0) is 44.9 Å². The zero-order valence-corrected chi connectivity index (χ0v) is 14.3. The summed E-state index contributed by atoms with van der Waals surface area (Å²) in [6, 6.07) is 6.67. The van der Waals surface area contributed by atoms with E-state index in [9.17, 15) is 8.42 Å². The molecule has 0 bridgehead atoms. The van der Waals surface area contributed by atoms with Gasteiger partial charge in [-0.15, -0.1) is 0 Å². The second-order valence-corrected chi connectivity index (χ2v) is 7.08. The van der Waals surface area contributed by atoms with Gasteiger partial charge < -0.3 is 0 Å². The van der Waals surface area contributed by atoms with Crippen molar-refractivity contribution in [1.29, 1.82) is 0 Å². The van der Waals surface area contributed by atoms with Crippen molar-refractivity contribution >= 4 is 10.0 Å². The number of aryl methyl sites for hydroxylation is 3. The maximum Gasteiger partial charge on any atom is 0.241 e. The zero-order valence-electron chi connectivity index (χ0n) is 13.5. The third-order valence-electron chi connectivity index (χ3n) is 3.75. The van der Waals surface area contributed by atoms with Crippen molar-refractivity contribution in [2.24, 2.45) is 0 Å². The number of aromatic nitrogens is 2. The van der Waals surface area contributed by atoms with Crippen LogP contribution in [0.1, 0.15) is 43.6 Å². The molecule has 6 heteroatoms. The summed E-state index contributed by atoms with van der Waals surface area (Å²) in [5.41, 5.74) is 2.86. The Balaban J connectivity index is 2.21. The molecule has 2 aromatic rings. The van der Waals surface area contributed by atoms with Gasteiger partial charge in [0.2, 0.25) is 10.0 Å². The van der Waals surface area contributed by atoms with Gasteiger partial charge in [0.05, 0.1) is 10.6 Å². The lowest BCUT2D eigenvalue weighted by molar-refractivity contribution is 0.566. The second-order valence-electron chi connectivity index (χ2n) is 5.37. The molecule has 0 radical (unpaired) electrons. The molecular weight excluding hydrogens is 298 g/mol. The Morgan fingerprint density at radius 3 is 2.36 bits per heavy atom. The molecule has 0 aliphatic heterocycles. The van der Waals surface area contributed by atoms with Gasteiger partial charge in [0.1, 0.15) is 0 Å². The minimum Gasteiger partial charge on any atom is -0.272 e. The van der Waals surface area contributed by atoms with Crippen LogP contribution in [0.25, 0.3) is 0 Å². The SMILES string of the molecule is CCc1ccc(S(=O)(=O)NC(C)c2cn(CC)nc2C)cc1. The van der Waals surface area contributed by atoms with Crippen LogP contribution in [0.3, 0.4) is 0 Å². The smallest absolute Gasteiger partial charge is 0.241 e. The van der Waals surface area contributed by atoms with Gasteiger partial charge in [-0.2, -0.15) is 5.10 Å². The molecule has 0 aliphatic rings. The maximum absolute atomic E-state index is 12.5. The van der Waals surface area contributed by atoms with E-state index in [1.54, 1.807) is 12.1 Å². The summed E-state index contributed by atoms with van der Waals surface area (Å²) in [7, 11) is -3.53. The number of hydrogen-bond acceptors (Lipinski definition) is 3. The van der Waals surface area contributed by atoms with Gasteiger partial charge in [0.25, 0.3) is 0 Å². The van der Waals surface area contributed by atoms with Gasteiger partial charge in [-0.1, -0.05) is 19.1 Å². The molecule has 0 saturated carbocycles. The molecule has 1 aromatic carbocycles. The molecule has 0 saturated heterocycles. The van der Waals surface area contributed by atoms with Gasteiger partial charge in [0, 0.05) is 24.3 Å². The van der Waals surface area contributed by atoms with Crippen molar-refractivity contribution in [1.82, 2.24) is 14.5 Å². The lowest BCUT2D eigenvalue weighted by Gasteiger charge is -2.14. The molecule has 0 spiro atoms. The topological polar surface area (TPSA) is 64.0 Å². The number of rotatable bonds is 6. The number of nitrogens with one attached hydrogen (secondary N) is 1. The highest BCUT2D eigenvalue weighted by Gasteiger charge is 2.20. The van der Waals surface area contributed by atoms with Gasteiger partial charge in [0.15, 0.2) is 0 Å². The molecule has 0 amide bonds. The van der Waals surface area contributed by atoms with Crippen LogP contribution in [-0.2, 0) is 23.0 Å². The highest BCUT2D eigenvalue weighted by atomic mass is 32.2. The van der Waals surface area contributed by atoms with Gasteiger partial charge in [-0.25, -0.2) is 13.1 Å². The minimum absolute atomic E-state index is 0.289. The van der Waals surface area contributed by atoms with Crippen LogP contribution in [0.4, 0.5) is 0 Å². The van der Waals surface area contributed by atoms with Crippen LogP contribution in [-0.4, -0.2) is 18.2 Å².